The molecule has 0 radical (unpaired) electrons. The Bertz CT molecular complexity index is 1100. The first kappa shape index (κ1) is 19.5. The molecule has 1 aromatic carbocycles. The van der Waals surface area contributed by atoms with Crippen molar-refractivity contribution >= 4 is 0 Å². The highest BCUT2D eigenvalue weighted by Gasteiger charge is 2.51. The largest absolute Gasteiger partial charge is 0.254 e. The zero-order valence-electron chi connectivity index (χ0n) is 19.5. The minimum Gasteiger partial charge on any atom is -0.254 e. The van der Waals surface area contributed by atoms with Gasteiger partial charge in [0.15, 0.2) is 0 Å². The lowest BCUT2D eigenvalue weighted by atomic mass is 9.53. The van der Waals surface area contributed by atoms with Crippen LogP contribution in [0.1, 0.15) is 77.6 Å². The summed E-state index contributed by atoms with van der Waals surface area (Å²) in [5, 5.41) is 0. The summed E-state index contributed by atoms with van der Waals surface area (Å²) in [7, 11) is 0. The predicted octanol–water partition coefficient (Wildman–Crippen LogP) is 6.95. The molecule has 0 aliphatic heterocycles. The summed E-state index contributed by atoms with van der Waals surface area (Å²) in [6.45, 7) is 18.9. The summed E-state index contributed by atoms with van der Waals surface area (Å²) in [5.41, 5.74) is 9.71. The van der Waals surface area contributed by atoms with Gasteiger partial charge in [-0.1, -0.05) is 91.8 Å². The second kappa shape index (κ2) is 5.60. The van der Waals surface area contributed by atoms with Crippen LogP contribution in [0.4, 0.5) is 0 Å². The molecule has 0 amide bonds. The quantitative estimate of drug-likeness (QED) is 0.411. The molecule has 2 aliphatic rings. The first-order chi connectivity index (χ1) is 13.9. The number of nitrogens with zero attached hydrogens (tertiary/aromatic N) is 2. The Morgan fingerprint density at radius 1 is 0.533 bits per heavy atom. The van der Waals surface area contributed by atoms with Gasteiger partial charge >= 0.3 is 0 Å². The third-order valence-corrected chi connectivity index (χ3v) is 9.06. The topological polar surface area (TPSA) is 25.8 Å². The Morgan fingerprint density at radius 2 is 1.07 bits per heavy atom. The van der Waals surface area contributed by atoms with Crippen molar-refractivity contribution in [1.29, 1.82) is 0 Å². The van der Waals surface area contributed by atoms with Crippen molar-refractivity contribution in [3.8, 4) is 22.6 Å². The normalized spacial score (nSPS) is 21.1. The predicted molar refractivity (Wildman–Crippen MR) is 125 cm³/mol. The Balaban J connectivity index is 1.93. The van der Waals surface area contributed by atoms with Gasteiger partial charge < -0.3 is 0 Å². The van der Waals surface area contributed by atoms with E-state index in [0.29, 0.717) is 0 Å². The molecule has 5 rings (SSSR count). The van der Waals surface area contributed by atoms with E-state index in [1.165, 1.54) is 27.8 Å². The molecule has 3 aromatic rings. The summed E-state index contributed by atoms with van der Waals surface area (Å²) in [6.07, 6.45) is 1.90. The summed E-state index contributed by atoms with van der Waals surface area (Å²) in [6, 6.07) is 15.6. The molecule has 0 saturated carbocycles. The maximum Gasteiger partial charge on any atom is 0.0934 e. The van der Waals surface area contributed by atoms with Crippen molar-refractivity contribution in [3.05, 3.63) is 70.9 Å². The van der Waals surface area contributed by atoms with Crippen LogP contribution in [0.5, 0.6) is 0 Å². The molecule has 2 heterocycles. The van der Waals surface area contributed by atoms with Crippen LogP contribution in [0, 0.1) is 0 Å². The van der Waals surface area contributed by atoms with E-state index in [1.807, 2.05) is 6.20 Å². The van der Waals surface area contributed by atoms with Crippen LogP contribution in [0.2, 0.25) is 0 Å². The highest BCUT2D eigenvalue weighted by molar-refractivity contribution is 5.80. The Hall–Kier alpha value is -2.48. The maximum atomic E-state index is 5.40. The van der Waals surface area contributed by atoms with E-state index < -0.39 is 0 Å². The van der Waals surface area contributed by atoms with Gasteiger partial charge in [0, 0.05) is 28.0 Å². The fourth-order valence-electron chi connectivity index (χ4n) is 5.53. The summed E-state index contributed by atoms with van der Waals surface area (Å²) < 4.78 is 0. The van der Waals surface area contributed by atoms with Gasteiger partial charge in [0.05, 0.1) is 17.1 Å². The molecular weight excluding hydrogens is 364 g/mol. The molecule has 0 N–H and O–H groups in total. The van der Waals surface area contributed by atoms with E-state index in [-0.39, 0.29) is 21.7 Å². The number of hydrogen-bond acceptors (Lipinski definition) is 2. The summed E-state index contributed by atoms with van der Waals surface area (Å²) in [4.78, 5) is 10.2. The number of pyridine rings is 2. The van der Waals surface area contributed by atoms with Crippen molar-refractivity contribution in [2.24, 2.45) is 0 Å². The number of rotatable bonds is 0. The van der Waals surface area contributed by atoms with Crippen LogP contribution in [-0.2, 0) is 21.7 Å². The highest BCUT2D eigenvalue weighted by atomic mass is 14.8. The van der Waals surface area contributed by atoms with E-state index in [2.05, 4.69) is 97.9 Å². The molecule has 154 valence electrons. The molecule has 2 nitrogen and oxygen atoms in total. The first-order valence-electron chi connectivity index (χ1n) is 11.0. The molecule has 0 unspecified atom stereocenters. The van der Waals surface area contributed by atoms with Gasteiger partial charge in [-0.2, -0.15) is 0 Å². The van der Waals surface area contributed by atoms with Crippen LogP contribution in [0.3, 0.4) is 0 Å². The van der Waals surface area contributed by atoms with E-state index in [1.54, 1.807) is 0 Å². The molecular formula is C28H32N2. The molecule has 2 aromatic heterocycles. The van der Waals surface area contributed by atoms with E-state index in [4.69, 9.17) is 9.97 Å². The minimum atomic E-state index is -0.0580. The Kier molecular flexibility index (Phi) is 3.64. The van der Waals surface area contributed by atoms with Crippen LogP contribution in [0.15, 0.2) is 48.7 Å². The SMILES string of the molecule is CC1(C)c2ccccc2-c2nc3c(cc2C1(C)C)C(C)(C)C(C)(C)c1cccnc1-3. The van der Waals surface area contributed by atoms with Gasteiger partial charge in [0.1, 0.15) is 0 Å². The van der Waals surface area contributed by atoms with E-state index in [9.17, 15) is 0 Å². The fraction of sp³-hybridized carbons (Fsp3) is 0.429. The average Bonchev–Trinajstić information content (AvgIpc) is 2.71. The minimum absolute atomic E-state index is 0.0109. The standard InChI is InChI=1S/C28H32N2/c1-25(2)18-13-10-9-12-17(18)22-20(27(25,5)6)16-21-24(30-22)23-19(14-11-15-29-23)26(3,4)28(21,7)8/h9-16H,1-8H3. The monoisotopic (exact) mass is 396 g/mol. The molecule has 0 saturated heterocycles. The van der Waals surface area contributed by atoms with Crippen molar-refractivity contribution in [1.82, 2.24) is 9.97 Å². The lowest BCUT2D eigenvalue weighted by molar-refractivity contribution is 0.286. The van der Waals surface area contributed by atoms with Gasteiger partial charge in [-0.05, 0) is 33.7 Å². The number of aromatic nitrogens is 2. The Morgan fingerprint density at radius 3 is 1.77 bits per heavy atom. The number of benzene rings is 1. The van der Waals surface area contributed by atoms with Crippen LogP contribution >= 0.6 is 0 Å². The summed E-state index contributed by atoms with van der Waals surface area (Å²) >= 11 is 0. The van der Waals surface area contributed by atoms with Gasteiger partial charge in [0.25, 0.3) is 0 Å². The van der Waals surface area contributed by atoms with Gasteiger partial charge in [-0.25, -0.2) is 4.98 Å². The second-order valence-electron chi connectivity index (χ2n) is 11.2. The molecule has 0 atom stereocenters. The maximum absolute atomic E-state index is 5.40. The molecule has 30 heavy (non-hydrogen) atoms. The number of hydrogen-bond donors (Lipinski definition) is 0. The van der Waals surface area contributed by atoms with Crippen LogP contribution < -0.4 is 0 Å². The lowest BCUT2D eigenvalue weighted by Gasteiger charge is -2.51. The lowest BCUT2D eigenvalue weighted by Crippen LogP contribution is -2.46. The van der Waals surface area contributed by atoms with Gasteiger partial charge in [-0.3, -0.25) is 4.98 Å². The molecule has 0 spiro atoms. The van der Waals surface area contributed by atoms with Crippen molar-refractivity contribution in [3.63, 3.8) is 0 Å². The first-order valence-corrected chi connectivity index (χ1v) is 11.0. The zero-order chi connectivity index (χ0) is 21.7. The van der Waals surface area contributed by atoms with Crippen LogP contribution in [-0.4, -0.2) is 9.97 Å². The van der Waals surface area contributed by atoms with Crippen molar-refractivity contribution < 1.29 is 0 Å². The third kappa shape index (κ3) is 2.10. The fourth-order valence-corrected chi connectivity index (χ4v) is 5.53. The zero-order valence-corrected chi connectivity index (χ0v) is 19.5. The smallest absolute Gasteiger partial charge is 0.0934 e. The van der Waals surface area contributed by atoms with Crippen molar-refractivity contribution in [2.45, 2.75) is 77.0 Å². The van der Waals surface area contributed by atoms with Gasteiger partial charge in [-0.15, -0.1) is 0 Å². The molecule has 0 bridgehead atoms. The number of fused-ring (bicyclic) bond motifs is 6. The Labute approximate surface area is 180 Å². The van der Waals surface area contributed by atoms with E-state index >= 15 is 0 Å². The average molecular weight is 397 g/mol. The van der Waals surface area contributed by atoms with E-state index in [0.717, 1.165) is 17.1 Å². The van der Waals surface area contributed by atoms with Gasteiger partial charge in [0.2, 0.25) is 0 Å². The second-order valence-corrected chi connectivity index (χ2v) is 11.2. The third-order valence-electron chi connectivity index (χ3n) is 9.06. The molecule has 0 fully saturated rings. The molecule has 2 heteroatoms. The molecule has 2 aliphatic carbocycles. The highest BCUT2D eigenvalue weighted by Crippen LogP contribution is 2.57. The summed E-state index contributed by atoms with van der Waals surface area (Å²) in [5.74, 6) is 0. The van der Waals surface area contributed by atoms with Crippen molar-refractivity contribution in [2.75, 3.05) is 0 Å². The van der Waals surface area contributed by atoms with Crippen LogP contribution in [0.25, 0.3) is 22.6 Å².